The topological polar surface area (TPSA) is 157 Å². The fraction of sp³-hybridized carbons (Fsp3) is 0.474. The molecule has 5 rings (SSSR count). The maximum Gasteiger partial charge on any atom is 0.407 e. The lowest BCUT2D eigenvalue weighted by molar-refractivity contribution is -0.126. The highest BCUT2D eigenvalue weighted by molar-refractivity contribution is 5.86. The summed E-state index contributed by atoms with van der Waals surface area (Å²) in [6.45, 7) is 6.32. The van der Waals surface area contributed by atoms with Crippen molar-refractivity contribution < 1.29 is 38.4 Å². The summed E-state index contributed by atoms with van der Waals surface area (Å²) in [5, 5.41) is 20.4. The Morgan fingerprint density at radius 1 is 0.900 bits per heavy atom. The molecule has 2 aliphatic rings. The molecule has 0 saturated carbocycles. The van der Waals surface area contributed by atoms with E-state index in [0.29, 0.717) is 19.4 Å². The normalized spacial score (nSPS) is 20.9. The Balaban J connectivity index is 1.35. The van der Waals surface area contributed by atoms with E-state index >= 15 is 0 Å². The first-order valence-corrected chi connectivity index (χ1v) is 17.1. The number of pyridine rings is 1. The minimum atomic E-state index is -1.09. The van der Waals surface area contributed by atoms with Crippen LogP contribution in [0.15, 0.2) is 79.0 Å². The smallest absolute Gasteiger partial charge is 0.407 e. The van der Waals surface area contributed by atoms with Crippen molar-refractivity contribution in [3.05, 3.63) is 90.1 Å². The quantitative estimate of drug-likeness (QED) is 0.204. The highest BCUT2D eigenvalue weighted by atomic mass is 16.7. The molecule has 12 nitrogen and oxygen atoms in total. The van der Waals surface area contributed by atoms with Crippen LogP contribution in [-0.4, -0.2) is 85.1 Å². The van der Waals surface area contributed by atoms with Crippen LogP contribution in [-0.2, 0) is 36.6 Å². The third-order valence-electron chi connectivity index (χ3n) is 9.15. The van der Waals surface area contributed by atoms with Gasteiger partial charge in [0.25, 0.3) is 0 Å². The molecule has 268 valence electrons. The maximum absolute atomic E-state index is 13.8. The van der Waals surface area contributed by atoms with Crippen molar-refractivity contribution in [2.24, 2.45) is 11.3 Å². The lowest BCUT2D eigenvalue weighted by Gasteiger charge is -2.33. The third kappa shape index (κ3) is 10.0. The van der Waals surface area contributed by atoms with E-state index in [1.807, 2.05) is 93.6 Å². The van der Waals surface area contributed by atoms with Gasteiger partial charge in [0.2, 0.25) is 5.91 Å². The van der Waals surface area contributed by atoms with Crippen LogP contribution in [0.25, 0.3) is 11.3 Å². The molecule has 3 amide bonds. The zero-order valence-electron chi connectivity index (χ0n) is 29.0. The summed E-state index contributed by atoms with van der Waals surface area (Å²) >= 11 is 0. The minimum absolute atomic E-state index is 0.0312. The van der Waals surface area contributed by atoms with Crippen molar-refractivity contribution in [1.82, 2.24) is 20.9 Å². The van der Waals surface area contributed by atoms with E-state index in [4.69, 9.17) is 18.9 Å². The summed E-state index contributed by atoms with van der Waals surface area (Å²) in [5.41, 5.74) is 2.95. The van der Waals surface area contributed by atoms with E-state index in [0.717, 1.165) is 28.8 Å². The maximum atomic E-state index is 13.8. The predicted molar refractivity (Wildman–Crippen MR) is 186 cm³/mol. The molecule has 2 fully saturated rings. The Kier molecular flexibility index (Phi) is 12.4. The second kappa shape index (κ2) is 16.9. The number of hydrogen-bond donors (Lipinski definition) is 4. The molecule has 1 aromatic heterocycles. The van der Waals surface area contributed by atoms with E-state index in [1.54, 1.807) is 6.20 Å². The highest BCUT2D eigenvalue weighted by Crippen LogP contribution is 2.33. The summed E-state index contributed by atoms with van der Waals surface area (Å²) in [6.07, 6.45) is -0.0446. The highest BCUT2D eigenvalue weighted by Gasteiger charge is 2.44. The summed E-state index contributed by atoms with van der Waals surface area (Å²) in [7, 11) is 1.24. The molecule has 3 heterocycles. The number of fused-ring (bicyclic) bond motifs is 1. The van der Waals surface area contributed by atoms with Crippen molar-refractivity contribution in [2.75, 3.05) is 20.3 Å². The van der Waals surface area contributed by atoms with Crippen molar-refractivity contribution in [3.63, 3.8) is 0 Å². The number of alkyl carbamates (subject to hydrolysis) is 2. The van der Waals surface area contributed by atoms with Gasteiger partial charge in [-0.1, -0.05) is 81.4 Å². The second-order valence-corrected chi connectivity index (χ2v) is 14.0. The molecule has 0 aliphatic carbocycles. The minimum Gasteiger partial charge on any atom is -0.453 e. The van der Waals surface area contributed by atoms with Crippen LogP contribution in [0.2, 0.25) is 0 Å². The number of hydrogen-bond acceptors (Lipinski definition) is 9. The monoisotopic (exact) mass is 688 g/mol. The van der Waals surface area contributed by atoms with Gasteiger partial charge in [-0.05, 0) is 54.4 Å². The predicted octanol–water partition coefficient (Wildman–Crippen LogP) is 4.40. The molecule has 0 spiro atoms. The summed E-state index contributed by atoms with van der Waals surface area (Å²) in [6, 6.07) is 20.8. The van der Waals surface area contributed by atoms with Crippen molar-refractivity contribution in [3.8, 4) is 11.3 Å². The standard InChI is InChI=1S/C38H48N4O8/c1-38(2,3)33(42-36(45)47-4)34(44)40-27(20-25-13-15-26(16-14-25)29-12-8-9-18-39-29)22-31(43)30(21-24-10-6-5-7-11-24)41-37(46)50-32-23-49-35-28(32)17-19-48-35/h5-16,18,27-28,30-33,35,43H,17,19-23H2,1-4H3,(H,40,44)(H,41,46)(H,42,45)/t27-,28-,30+,31+,32+,33-,35+/m1/s1. The molecule has 3 aromatic rings. The van der Waals surface area contributed by atoms with E-state index in [9.17, 15) is 19.5 Å². The number of carbonyl (C=O) groups is 3. The zero-order chi connectivity index (χ0) is 35.7. The summed E-state index contributed by atoms with van der Waals surface area (Å²) in [4.78, 5) is 43.7. The number of aliphatic hydroxyl groups is 1. The van der Waals surface area contributed by atoms with Gasteiger partial charge >= 0.3 is 12.2 Å². The number of rotatable bonds is 13. The SMILES string of the molecule is COC(=O)N[C@H](C(=O)N[C@H](Cc1ccc(-c2ccccn2)cc1)C[C@H](O)[C@H](Cc1ccccc1)NC(=O)O[C@H]1CO[C@@H]2OCC[C@@H]21)C(C)(C)C. The molecule has 0 bridgehead atoms. The molecule has 12 heteroatoms. The fourth-order valence-electron chi connectivity index (χ4n) is 6.44. The van der Waals surface area contributed by atoms with Gasteiger partial charge in [-0.2, -0.15) is 0 Å². The van der Waals surface area contributed by atoms with Gasteiger partial charge in [0.1, 0.15) is 12.1 Å². The number of benzene rings is 2. The molecule has 2 saturated heterocycles. The van der Waals surface area contributed by atoms with Crippen LogP contribution in [0.5, 0.6) is 0 Å². The van der Waals surface area contributed by atoms with Gasteiger partial charge in [-0.15, -0.1) is 0 Å². The second-order valence-electron chi connectivity index (χ2n) is 14.0. The van der Waals surface area contributed by atoms with Gasteiger partial charge in [-0.3, -0.25) is 9.78 Å². The van der Waals surface area contributed by atoms with Crippen LogP contribution >= 0.6 is 0 Å². The van der Waals surface area contributed by atoms with Gasteiger partial charge < -0.3 is 40.0 Å². The molecule has 2 aromatic carbocycles. The van der Waals surface area contributed by atoms with Crippen LogP contribution in [0.3, 0.4) is 0 Å². The molecule has 4 N–H and O–H groups in total. The number of amides is 3. The molecule has 2 aliphatic heterocycles. The first kappa shape index (κ1) is 36.8. The fourth-order valence-corrected chi connectivity index (χ4v) is 6.44. The first-order valence-electron chi connectivity index (χ1n) is 17.1. The average molecular weight is 689 g/mol. The molecule has 0 radical (unpaired) electrons. The molecular formula is C38H48N4O8. The van der Waals surface area contributed by atoms with E-state index < -0.39 is 53.8 Å². The Labute approximate surface area is 293 Å². The number of methoxy groups -OCH3 is 1. The van der Waals surface area contributed by atoms with Gasteiger partial charge in [0, 0.05) is 17.8 Å². The lowest BCUT2D eigenvalue weighted by atomic mass is 9.85. The number of aliphatic hydroxyl groups excluding tert-OH is 1. The largest absolute Gasteiger partial charge is 0.453 e. The zero-order valence-corrected chi connectivity index (χ0v) is 29.0. The summed E-state index contributed by atoms with van der Waals surface area (Å²) < 4.78 is 21.8. The number of aromatic nitrogens is 1. The van der Waals surface area contributed by atoms with E-state index in [2.05, 4.69) is 20.9 Å². The number of carbonyl (C=O) groups excluding carboxylic acids is 3. The van der Waals surface area contributed by atoms with Crippen molar-refractivity contribution in [2.45, 2.75) is 83.1 Å². The number of ether oxygens (including phenoxy) is 4. The molecule has 7 atom stereocenters. The summed E-state index contributed by atoms with van der Waals surface area (Å²) in [5.74, 6) is -0.456. The molecular weight excluding hydrogens is 640 g/mol. The van der Waals surface area contributed by atoms with Gasteiger partial charge in [0.05, 0.1) is 44.1 Å². The Hall–Kier alpha value is -4.52. The first-order chi connectivity index (χ1) is 24.0. The van der Waals surface area contributed by atoms with E-state index in [1.165, 1.54) is 7.11 Å². The number of nitrogens with one attached hydrogen (secondary N) is 3. The Bertz CT molecular complexity index is 1550. The Morgan fingerprint density at radius 2 is 1.62 bits per heavy atom. The van der Waals surface area contributed by atoms with E-state index in [-0.39, 0.29) is 25.2 Å². The van der Waals surface area contributed by atoms with Crippen LogP contribution in [0.4, 0.5) is 9.59 Å². The number of nitrogens with zero attached hydrogens (tertiary/aromatic N) is 1. The molecule has 0 unspecified atom stereocenters. The third-order valence-corrected chi connectivity index (χ3v) is 9.15. The van der Waals surface area contributed by atoms with Crippen molar-refractivity contribution in [1.29, 1.82) is 0 Å². The van der Waals surface area contributed by atoms with Gasteiger partial charge in [-0.25, -0.2) is 9.59 Å². The molecule has 50 heavy (non-hydrogen) atoms. The van der Waals surface area contributed by atoms with Crippen LogP contribution < -0.4 is 16.0 Å². The average Bonchev–Trinajstić information content (AvgIpc) is 3.72. The van der Waals surface area contributed by atoms with Crippen LogP contribution in [0.1, 0.15) is 44.7 Å². The van der Waals surface area contributed by atoms with Gasteiger partial charge in [0.15, 0.2) is 6.29 Å². The van der Waals surface area contributed by atoms with Crippen molar-refractivity contribution >= 4 is 18.1 Å². The lowest BCUT2D eigenvalue weighted by Crippen LogP contribution is -2.56. The Morgan fingerprint density at radius 3 is 2.30 bits per heavy atom. The van der Waals surface area contributed by atoms with Crippen LogP contribution in [0, 0.1) is 11.3 Å².